The van der Waals surface area contributed by atoms with Gasteiger partial charge in [0.2, 0.25) is 0 Å². The molecule has 0 aromatic rings. The van der Waals surface area contributed by atoms with Crippen LogP contribution in [0.3, 0.4) is 0 Å². The van der Waals surface area contributed by atoms with Crippen molar-refractivity contribution < 1.29 is 9.47 Å². The van der Waals surface area contributed by atoms with E-state index in [1.54, 1.807) is 7.11 Å². The minimum Gasteiger partial charge on any atom is -0.385 e. The van der Waals surface area contributed by atoms with Crippen LogP contribution in [0.4, 0.5) is 0 Å². The number of methoxy groups -OCH3 is 1. The average molecular weight is 459 g/mol. The van der Waals surface area contributed by atoms with Crippen molar-refractivity contribution in [3.8, 4) is 0 Å². The topological polar surface area (TPSA) is 46.1 Å². The Bertz CT molecular complexity index is 301. The quantitative estimate of drug-likeness (QED) is 0.236. The number of halogens is 1. The minimum absolute atomic E-state index is 0. The molecule has 1 saturated heterocycles. The van der Waals surface area contributed by atoms with Crippen molar-refractivity contribution in [1.82, 2.24) is 10.2 Å². The number of rotatable bonds is 10. The molecule has 7 heteroatoms. The zero-order valence-corrected chi connectivity index (χ0v) is 18.0. The van der Waals surface area contributed by atoms with Gasteiger partial charge in [0.1, 0.15) is 0 Å². The molecule has 23 heavy (non-hydrogen) atoms. The molecule has 1 rings (SSSR count). The van der Waals surface area contributed by atoms with Gasteiger partial charge >= 0.3 is 0 Å². The lowest BCUT2D eigenvalue weighted by molar-refractivity contribution is 0.00991. The minimum atomic E-state index is 0. The van der Waals surface area contributed by atoms with E-state index in [1.165, 1.54) is 5.75 Å². The lowest BCUT2D eigenvalue weighted by Crippen LogP contribution is -2.47. The maximum Gasteiger partial charge on any atom is 0.193 e. The van der Waals surface area contributed by atoms with Crippen LogP contribution < -0.4 is 5.32 Å². The highest BCUT2D eigenvalue weighted by molar-refractivity contribution is 14.0. The van der Waals surface area contributed by atoms with Crippen molar-refractivity contribution in [2.75, 3.05) is 58.5 Å². The molecule has 138 valence electrons. The summed E-state index contributed by atoms with van der Waals surface area (Å²) in [5.41, 5.74) is 0. The van der Waals surface area contributed by atoms with Gasteiger partial charge in [-0.3, -0.25) is 4.99 Å². The highest BCUT2D eigenvalue weighted by atomic mass is 127. The molecule has 0 aromatic heterocycles. The smallest absolute Gasteiger partial charge is 0.193 e. The van der Waals surface area contributed by atoms with E-state index < -0.39 is 0 Å². The molecule has 0 bridgehead atoms. The molecule has 0 saturated carbocycles. The molecule has 1 aliphatic rings. The Kier molecular flexibility index (Phi) is 16.0. The monoisotopic (exact) mass is 459 g/mol. The fraction of sp³-hybridized carbons (Fsp3) is 0.938. The van der Waals surface area contributed by atoms with Crippen LogP contribution in [0, 0.1) is 0 Å². The summed E-state index contributed by atoms with van der Waals surface area (Å²) in [7, 11) is 1.74. The summed E-state index contributed by atoms with van der Waals surface area (Å²) in [6.45, 7) is 7.62. The summed E-state index contributed by atoms with van der Waals surface area (Å²) < 4.78 is 11.0. The maximum absolute atomic E-state index is 5.92. The Balaban J connectivity index is 0.00000484. The van der Waals surface area contributed by atoms with Crippen LogP contribution in [0.2, 0.25) is 0 Å². The van der Waals surface area contributed by atoms with E-state index in [-0.39, 0.29) is 24.0 Å². The number of aliphatic imine (C=N–C) groups is 1. The number of hydrogen-bond acceptors (Lipinski definition) is 4. The summed E-state index contributed by atoms with van der Waals surface area (Å²) in [5, 5.41) is 3.42. The first-order valence-electron chi connectivity index (χ1n) is 8.44. The predicted octanol–water partition coefficient (Wildman–Crippen LogP) is 2.84. The fourth-order valence-corrected chi connectivity index (χ4v) is 2.92. The van der Waals surface area contributed by atoms with E-state index in [2.05, 4.69) is 23.4 Å². The molecule has 0 spiro atoms. The van der Waals surface area contributed by atoms with Crippen LogP contribution in [-0.2, 0) is 9.47 Å². The van der Waals surface area contributed by atoms with Gasteiger partial charge in [0.15, 0.2) is 5.96 Å². The normalized spacial score (nSPS) is 16.3. The van der Waals surface area contributed by atoms with E-state index in [1.807, 2.05) is 11.8 Å². The van der Waals surface area contributed by atoms with Gasteiger partial charge in [-0.25, -0.2) is 0 Å². The highest BCUT2D eigenvalue weighted by Gasteiger charge is 2.21. The molecular weight excluding hydrogens is 425 g/mol. The van der Waals surface area contributed by atoms with Crippen LogP contribution in [0.5, 0.6) is 0 Å². The first-order valence-corrected chi connectivity index (χ1v) is 9.84. The number of piperidine rings is 1. The number of guanidine groups is 1. The molecule has 5 nitrogen and oxygen atoms in total. The van der Waals surface area contributed by atoms with Crippen molar-refractivity contribution in [2.45, 2.75) is 38.7 Å². The number of thioether (sulfide) groups is 1. The number of nitrogens with zero attached hydrogens (tertiary/aromatic N) is 2. The Hall–Kier alpha value is 0.270. The molecule has 1 N–H and O–H groups in total. The molecule has 0 unspecified atom stereocenters. The molecule has 0 atom stereocenters. The van der Waals surface area contributed by atoms with Crippen LogP contribution in [-0.4, -0.2) is 75.5 Å². The summed E-state index contributed by atoms with van der Waals surface area (Å²) in [4.78, 5) is 7.12. The van der Waals surface area contributed by atoms with E-state index in [0.717, 1.165) is 71.0 Å². The van der Waals surface area contributed by atoms with Crippen LogP contribution >= 0.6 is 35.7 Å². The lowest BCUT2D eigenvalue weighted by atomic mass is 10.1. The number of likely N-dealkylation sites (tertiary alicyclic amines) is 1. The van der Waals surface area contributed by atoms with Crippen LogP contribution in [0.1, 0.15) is 32.6 Å². The second kappa shape index (κ2) is 15.8. The summed E-state index contributed by atoms with van der Waals surface area (Å²) in [6.07, 6.45) is 6.84. The molecule has 1 aliphatic heterocycles. The molecule has 1 heterocycles. The van der Waals surface area contributed by atoms with Crippen LogP contribution in [0.25, 0.3) is 0 Å². The van der Waals surface area contributed by atoms with E-state index in [9.17, 15) is 0 Å². The Morgan fingerprint density at radius 3 is 2.61 bits per heavy atom. The third kappa shape index (κ3) is 10.7. The van der Waals surface area contributed by atoms with Gasteiger partial charge in [-0.15, -0.1) is 24.0 Å². The van der Waals surface area contributed by atoms with Crippen molar-refractivity contribution in [2.24, 2.45) is 4.99 Å². The summed E-state index contributed by atoms with van der Waals surface area (Å²) in [6, 6.07) is 0. The average Bonchev–Trinajstić information content (AvgIpc) is 2.55. The molecule has 0 amide bonds. The zero-order valence-electron chi connectivity index (χ0n) is 14.9. The van der Waals surface area contributed by atoms with Gasteiger partial charge in [-0.05, 0) is 44.6 Å². The summed E-state index contributed by atoms with van der Waals surface area (Å²) in [5.74, 6) is 2.25. The molecule has 0 aliphatic carbocycles. The first-order chi connectivity index (χ1) is 10.8. The Morgan fingerprint density at radius 2 is 2.00 bits per heavy atom. The molecule has 0 aromatic carbocycles. The van der Waals surface area contributed by atoms with Gasteiger partial charge in [0.05, 0.1) is 6.10 Å². The van der Waals surface area contributed by atoms with Gasteiger partial charge < -0.3 is 19.7 Å². The first kappa shape index (κ1) is 23.3. The van der Waals surface area contributed by atoms with Gasteiger partial charge in [0, 0.05) is 46.5 Å². The fourth-order valence-electron chi connectivity index (χ4n) is 2.51. The highest BCUT2D eigenvalue weighted by Crippen LogP contribution is 2.14. The summed E-state index contributed by atoms with van der Waals surface area (Å²) >= 11 is 1.88. The van der Waals surface area contributed by atoms with E-state index >= 15 is 0 Å². The third-order valence-corrected chi connectivity index (χ3v) is 4.39. The largest absolute Gasteiger partial charge is 0.385 e. The van der Waals surface area contributed by atoms with Crippen molar-refractivity contribution in [1.29, 1.82) is 0 Å². The maximum atomic E-state index is 5.92. The third-order valence-electron chi connectivity index (χ3n) is 3.69. The van der Waals surface area contributed by atoms with E-state index in [0.29, 0.717) is 6.10 Å². The number of nitrogens with one attached hydrogen (secondary N) is 1. The standard InChI is InChI=1S/C16H33N3O2S.HI/c1-4-17-16(18-9-5-14-22-3)19-10-7-15(8-11-19)21-13-6-12-20-2;/h15H,4-14H2,1-3H3,(H,17,18);1H. The lowest BCUT2D eigenvalue weighted by Gasteiger charge is -2.34. The number of hydrogen-bond donors (Lipinski definition) is 1. The second-order valence-electron chi connectivity index (χ2n) is 5.49. The van der Waals surface area contributed by atoms with Crippen molar-refractivity contribution in [3.05, 3.63) is 0 Å². The SMILES string of the molecule is CCNC(=NCCCSC)N1CCC(OCCCOC)CC1.I. The van der Waals surface area contributed by atoms with Crippen molar-refractivity contribution >= 4 is 41.7 Å². The Morgan fingerprint density at radius 1 is 1.26 bits per heavy atom. The van der Waals surface area contributed by atoms with Gasteiger partial charge in [-0.2, -0.15) is 11.8 Å². The molecule has 0 radical (unpaired) electrons. The second-order valence-corrected chi connectivity index (χ2v) is 6.47. The van der Waals surface area contributed by atoms with Gasteiger partial charge in [0.25, 0.3) is 0 Å². The van der Waals surface area contributed by atoms with Crippen molar-refractivity contribution in [3.63, 3.8) is 0 Å². The Labute approximate surface area is 163 Å². The molecular formula is C16H34IN3O2S. The number of ether oxygens (including phenoxy) is 2. The van der Waals surface area contributed by atoms with Crippen LogP contribution in [0.15, 0.2) is 4.99 Å². The zero-order chi connectivity index (χ0) is 16.0. The van der Waals surface area contributed by atoms with E-state index in [4.69, 9.17) is 14.5 Å². The van der Waals surface area contributed by atoms with Gasteiger partial charge in [-0.1, -0.05) is 0 Å². The molecule has 1 fully saturated rings. The predicted molar refractivity (Wildman–Crippen MR) is 111 cm³/mol.